The molecule has 8 rings (SSSR count). The van der Waals surface area contributed by atoms with Gasteiger partial charge < -0.3 is 14.6 Å². The van der Waals surface area contributed by atoms with Crippen LogP contribution in [0.3, 0.4) is 0 Å². The van der Waals surface area contributed by atoms with E-state index in [9.17, 15) is 0 Å². The van der Waals surface area contributed by atoms with Gasteiger partial charge >= 0.3 is 7.12 Å². The molecule has 1 aromatic heterocycles. The Morgan fingerprint density at radius 2 is 1.59 bits per heavy atom. The SMILES string of the molecule is CC12CC1(C)OB(c1cccc(C3=CC(C4C=CC=C(c5cccnc5)C4)=CC(c4cccc(C5=CC=CNC5)c4)C3)c1)O2. The Balaban J connectivity index is 1.14. The number of hydrogen-bond acceptors (Lipinski definition) is 4. The Morgan fingerprint density at radius 1 is 0.818 bits per heavy atom. The molecule has 5 heteroatoms. The van der Waals surface area contributed by atoms with Crippen LogP contribution in [0, 0.1) is 5.92 Å². The highest BCUT2D eigenvalue weighted by Gasteiger charge is 2.71. The average molecular weight is 577 g/mol. The minimum absolute atomic E-state index is 0.171. The van der Waals surface area contributed by atoms with Crippen molar-refractivity contribution in [3.05, 3.63) is 150 Å². The molecule has 5 aliphatic rings. The third-order valence-corrected chi connectivity index (χ3v) is 10.1. The molecule has 0 spiro atoms. The van der Waals surface area contributed by atoms with E-state index in [1.54, 1.807) is 0 Å². The van der Waals surface area contributed by atoms with Gasteiger partial charge in [-0.05, 0) is 95.0 Å². The third-order valence-electron chi connectivity index (χ3n) is 10.1. The van der Waals surface area contributed by atoms with E-state index in [2.05, 4.69) is 121 Å². The van der Waals surface area contributed by atoms with Crippen LogP contribution in [-0.2, 0) is 9.31 Å². The van der Waals surface area contributed by atoms with E-state index < -0.39 is 0 Å². The van der Waals surface area contributed by atoms with E-state index in [1.807, 2.05) is 24.7 Å². The van der Waals surface area contributed by atoms with Gasteiger partial charge in [-0.25, -0.2) is 0 Å². The van der Waals surface area contributed by atoms with E-state index in [4.69, 9.17) is 9.31 Å². The molecule has 1 saturated carbocycles. The van der Waals surface area contributed by atoms with Crippen molar-refractivity contribution in [3.63, 3.8) is 0 Å². The van der Waals surface area contributed by atoms with Gasteiger partial charge in [0.25, 0.3) is 0 Å². The van der Waals surface area contributed by atoms with Crippen molar-refractivity contribution in [2.24, 2.45) is 5.92 Å². The summed E-state index contributed by atoms with van der Waals surface area (Å²) in [7, 11) is -0.315. The van der Waals surface area contributed by atoms with Crippen molar-refractivity contribution in [1.29, 1.82) is 0 Å². The van der Waals surface area contributed by atoms with Crippen LogP contribution in [0.15, 0.2) is 127 Å². The van der Waals surface area contributed by atoms with Crippen LogP contribution in [0.5, 0.6) is 0 Å². The van der Waals surface area contributed by atoms with Crippen LogP contribution < -0.4 is 10.8 Å². The molecule has 2 aromatic carbocycles. The maximum Gasteiger partial charge on any atom is 0.494 e. The van der Waals surface area contributed by atoms with E-state index >= 15 is 0 Å². The minimum atomic E-state index is -0.315. The average Bonchev–Trinajstić information content (AvgIpc) is 3.51. The molecule has 4 atom stereocenters. The number of rotatable bonds is 6. The molecule has 2 fully saturated rings. The standard InChI is InChI=1S/C39H37BN2O2/c1-38-26-39(38,2)44-40(43-38)37-15-5-12-31(23-37)36-21-34(29-10-3-8-27(18-29)32-13-6-16-41-24-32)20-35(22-36)30-11-4-9-28(19-30)33-14-7-17-42-25-33/h3-18,20,22-23,25,30,34,41H,19,21,24,26H2,1-2H3. The molecular formula is C39H37BN2O2. The van der Waals surface area contributed by atoms with E-state index in [0.717, 1.165) is 31.3 Å². The maximum absolute atomic E-state index is 6.40. The first kappa shape index (κ1) is 27.4. The molecule has 3 aliphatic carbocycles. The molecular weight excluding hydrogens is 539 g/mol. The molecule has 2 aliphatic heterocycles. The van der Waals surface area contributed by atoms with Crippen LogP contribution in [0.25, 0.3) is 16.7 Å². The highest BCUT2D eigenvalue weighted by atomic mass is 16.7. The van der Waals surface area contributed by atoms with E-state index in [0.29, 0.717) is 5.92 Å². The zero-order valence-corrected chi connectivity index (χ0v) is 25.4. The number of dihydropyridines is 1. The molecule has 3 heterocycles. The van der Waals surface area contributed by atoms with Crippen molar-refractivity contribution in [2.45, 2.75) is 50.2 Å². The fourth-order valence-corrected chi connectivity index (χ4v) is 7.23. The molecule has 1 N–H and O–H groups in total. The van der Waals surface area contributed by atoms with Gasteiger partial charge in [-0.15, -0.1) is 0 Å². The summed E-state index contributed by atoms with van der Waals surface area (Å²) >= 11 is 0. The van der Waals surface area contributed by atoms with Gasteiger partial charge in [-0.2, -0.15) is 0 Å². The lowest BCUT2D eigenvalue weighted by atomic mass is 9.74. The largest absolute Gasteiger partial charge is 0.494 e. The number of hydrogen-bond donors (Lipinski definition) is 1. The van der Waals surface area contributed by atoms with Gasteiger partial charge in [0.05, 0.1) is 11.2 Å². The highest BCUT2D eigenvalue weighted by Crippen LogP contribution is 2.58. The predicted molar refractivity (Wildman–Crippen MR) is 180 cm³/mol. The van der Waals surface area contributed by atoms with E-state index in [-0.39, 0.29) is 24.2 Å². The number of pyridine rings is 1. The van der Waals surface area contributed by atoms with E-state index in [1.165, 1.54) is 44.5 Å². The first-order chi connectivity index (χ1) is 21.5. The van der Waals surface area contributed by atoms with Gasteiger partial charge in [0.2, 0.25) is 0 Å². The Kier molecular flexibility index (Phi) is 6.69. The maximum atomic E-state index is 6.40. The Bertz CT molecular complexity index is 1790. The first-order valence-electron chi connectivity index (χ1n) is 15.8. The summed E-state index contributed by atoms with van der Waals surface area (Å²) in [5.41, 5.74) is 11.2. The second-order valence-electron chi connectivity index (χ2n) is 13.2. The van der Waals surface area contributed by atoms with Gasteiger partial charge in [0, 0.05) is 37.2 Å². The zero-order valence-electron chi connectivity index (χ0n) is 25.4. The molecule has 4 nitrogen and oxygen atoms in total. The van der Waals surface area contributed by atoms with Crippen LogP contribution in [0.1, 0.15) is 61.3 Å². The fourth-order valence-electron chi connectivity index (χ4n) is 7.23. The third kappa shape index (κ3) is 5.04. The Labute approximate surface area is 260 Å². The van der Waals surface area contributed by atoms with Crippen molar-refractivity contribution in [1.82, 2.24) is 10.3 Å². The smallest absolute Gasteiger partial charge is 0.399 e. The highest BCUT2D eigenvalue weighted by molar-refractivity contribution is 6.62. The number of benzene rings is 2. The topological polar surface area (TPSA) is 43.4 Å². The van der Waals surface area contributed by atoms with Gasteiger partial charge in [-0.1, -0.05) is 91.1 Å². The number of nitrogens with one attached hydrogen (secondary N) is 1. The summed E-state index contributed by atoms with van der Waals surface area (Å²) in [6.07, 6.45) is 24.7. The fraction of sp³-hybridized carbons (Fsp3) is 0.256. The van der Waals surface area contributed by atoms with Crippen molar-refractivity contribution < 1.29 is 9.31 Å². The second-order valence-corrected chi connectivity index (χ2v) is 13.2. The van der Waals surface area contributed by atoms with Crippen molar-refractivity contribution in [2.75, 3.05) is 6.54 Å². The number of nitrogens with zero attached hydrogens (tertiary/aromatic N) is 1. The van der Waals surface area contributed by atoms with Crippen LogP contribution >= 0.6 is 0 Å². The predicted octanol–water partition coefficient (Wildman–Crippen LogP) is 7.40. The van der Waals surface area contributed by atoms with Gasteiger partial charge in [-0.3, -0.25) is 4.98 Å². The molecule has 0 radical (unpaired) electrons. The zero-order chi connectivity index (χ0) is 29.7. The summed E-state index contributed by atoms with van der Waals surface area (Å²) in [6.45, 7) is 5.18. The molecule has 4 unspecified atom stereocenters. The Morgan fingerprint density at radius 3 is 2.39 bits per heavy atom. The summed E-state index contributed by atoms with van der Waals surface area (Å²) in [5.74, 6) is 0.565. The second kappa shape index (κ2) is 10.8. The van der Waals surface area contributed by atoms with Crippen LogP contribution in [0.4, 0.5) is 0 Å². The normalized spacial score (nSPS) is 28.8. The number of fused-ring (bicyclic) bond motifs is 1. The number of aromatic nitrogens is 1. The van der Waals surface area contributed by atoms with Gasteiger partial charge in [0.15, 0.2) is 0 Å². The lowest BCUT2D eigenvalue weighted by Crippen LogP contribution is -2.35. The quantitative estimate of drug-likeness (QED) is 0.311. The number of allylic oxidation sites excluding steroid dienone is 10. The Hall–Kier alpha value is -4.19. The summed E-state index contributed by atoms with van der Waals surface area (Å²) in [6, 6.07) is 22.1. The molecule has 0 bridgehead atoms. The summed E-state index contributed by atoms with van der Waals surface area (Å²) < 4.78 is 12.8. The molecule has 0 amide bonds. The minimum Gasteiger partial charge on any atom is -0.399 e. The monoisotopic (exact) mass is 576 g/mol. The first-order valence-corrected chi connectivity index (χ1v) is 15.8. The molecule has 44 heavy (non-hydrogen) atoms. The van der Waals surface area contributed by atoms with Crippen LogP contribution in [0.2, 0.25) is 0 Å². The van der Waals surface area contributed by atoms with Crippen LogP contribution in [-0.4, -0.2) is 29.8 Å². The van der Waals surface area contributed by atoms with Crippen molar-refractivity contribution >= 4 is 29.3 Å². The summed E-state index contributed by atoms with van der Waals surface area (Å²) in [4.78, 5) is 4.38. The molecule has 218 valence electrons. The lowest BCUT2D eigenvalue weighted by molar-refractivity contribution is 0.187. The van der Waals surface area contributed by atoms with Gasteiger partial charge in [0.1, 0.15) is 0 Å². The molecule has 3 aromatic rings. The molecule has 1 saturated heterocycles. The lowest BCUT2D eigenvalue weighted by Gasteiger charge is -2.28. The summed E-state index contributed by atoms with van der Waals surface area (Å²) in [5, 5.41) is 3.36. The van der Waals surface area contributed by atoms with Crippen molar-refractivity contribution in [3.8, 4) is 0 Å².